The van der Waals surface area contributed by atoms with Gasteiger partial charge in [0.05, 0.1) is 11.8 Å². The van der Waals surface area contributed by atoms with Crippen molar-refractivity contribution in [2.24, 2.45) is 11.8 Å². The Morgan fingerprint density at radius 1 is 0.526 bits per heavy atom. The van der Waals surface area contributed by atoms with Crippen LogP contribution in [0, 0.1) is 11.8 Å². The van der Waals surface area contributed by atoms with Crippen LogP contribution in [0.3, 0.4) is 0 Å². The monoisotopic (exact) mass is 496 g/mol. The van der Waals surface area contributed by atoms with E-state index in [9.17, 15) is 9.59 Å². The molecule has 2 amide bonds. The lowest BCUT2D eigenvalue weighted by atomic mass is 9.53. The number of fused-ring (bicyclic) bond motifs is 1. The lowest BCUT2D eigenvalue weighted by Gasteiger charge is -2.49. The number of amides is 2. The fourth-order valence-corrected chi connectivity index (χ4v) is 6.16. The lowest BCUT2D eigenvalue weighted by Crippen LogP contribution is -2.50. The molecule has 2 atom stereocenters. The SMILES string of the molecule is C=Cc1ccc(NC(=O)C2C3c4ccccc4C(c4ccccc43)C2C(=O)Nc2ccc(C=C)cc2)cc1. The summed E-state index contributed by atoms with van der Waals surface area (Å²) in [5.74, 6) is -1.90. The Balaban J connectivity index is 1.43. The second-order valence-electron chi connectivity index (χ2n) is 9.90. The first-order valence-electron chi connectivity index (χ1n) is 12.8. The molecular formula is C34H28N2O2. The van der Waals surface area contributed by atoms with Gasteiger partial charge in [-0.05, 0) is 57.6 Å². The van der Waals surface area contributed by atoms with Gasteiger partial charge in [-0.3, -0.25) is 9.59 Å². The largest absolute Gasteiger partial charge is 0.326 e. The van der Waals surface area contributed by atoms with E-state index in [0.717, 1.165) is 33.4 Å². The van der Waals surface area contributed by atoms with Crippen LogP contribution in [0.5, 0.6) is 0 Å². The Morgan fingerprint density at radius 2 is 0.842 bits per heavy atom. The zero-order valence-corrected chi connectivity index (χ0v) is 20.9. The van der Waals surface area contributed by atoms with E-state index in [1.807, 2.05) is 72.8 Å². The number of hydrogen-bond donors (Lipinski definition) is 2. The minimum absolute atomic E-state index is 0.155. The van der Waals surface area contributed by atoms with Crippen LogP contribution in [0.15, 0.2) is 110 Å². The second kappa shape index (κ2) is 9.64. The number of benzene rings is 4. The highest BCUT2D eigenvalue weighted by Gasteiger charge is 2.55. The van der Waals surface area contributed by atoms with Gasteiger partial charge in [-0.25, -0.2) is 0 Å². The molecule has 2 N–H and O–H groups in total. The zero-order chi connectivity index (χ0) is 26.2. The number of hydrogen-bond acceptors (Lipinski definition) is 2. The molecule has 186 valence electrons. The molecule has 4 nitrogen and oxygen atoms in total. The summed E-state index contributed by atoms with van der Waals surface area (Å²) in [5.41, 5.74) is 7.83. The van der Waals surface area contributed by atoms with Gasteiger partial charge in [-0.15, -0.1) is 0 Å². The maximum Gasteiger partial charge on any atom is 0.229 e. The van der Waals surface area contributed by atoms with Crippen LogP contribution in [0.25, 0.3) is 12.2 Å². The normalized spacial score (nSPS) is 20.5. The Hall–Kier alpha value is -4.70. The maximum absolute atomic E-state index is 14.1. The molecule has 0 radical (unpaired) electrons. The zero-order valence-electron chi connectivity index (χ0n) is 20.9. The first-order valence-corrected chi connectivity index (χ1v) is 12.8. The Morgan fingerprint density at radius 3 is 1.13 bits per heavy atom. The van der Waals surface area contributed by atoms with Crippen LogP contribution in [0.4, 0.5) is 11.4 Å². The van der Waals surface area contributed by atoms with Crippen molar-refractivity contribution >= 4 is 35.3 Å². The molecule has 2 unspecified atom stereocenters. The summed E-state index contributed by atoms with van der Waals surface area (Å²) in [6, 6.07) is 31.6. The summed E-state index contributed by atoms with van der Waals surface area (Å²) in [7, 11) is 0. The van der Waals surface area contributed by atoms with E-state index in [0.29, 0.717) is 11.4 Å². The Labute approximate surface area is 222 Å². The third-order valence-corrected chi connectivity index (χ3v) is 7.87. The minimum atomic E-state index is -0.573. The summed E-state index contributed by atoms with van der Waals surface area (Å²) < 4.78 is 0. The average Bonchev–Trinajstić information content (AvgIpc) is 2.97. The van der Waals surface area contributed by atoms with E-state index in [2.05, 4.69) is 48.1 Å². The Kier molecular flexibility index (Phi) is 6.01. The summed E-state index contributed by atoms with van der Waals surface area (Å²) in [6.45, 7) is 7.60. The number of nitrogens with one attached hydrogen (secondary N) is 2. The van der Waals surface area contributed by atoms with Crippen LogP contribution < -0.4 is 10.6 Å². The molecule has 7 rings (SSSR count). The standard InChI is InChI=1S/C34H28N2O2/c1-3-21-13-17-23(18-14-21)35-33(37)31-29-25-9-5-7-11-27(25)30(28-12-8-6-10-26(28)29)32(31)34(38)36-24-19-15-22(4-2)16-20-24/h3-20,29-32H,1-2H2,(H,35,37)(H,36,38). The van der Waals surface area contributed by atoms with E-state index in [1.54, 1.807) is 12.2 Å². The van der Waals surface area contributed by atoms with E-state index >= 15 is 0 Å². The number of anilines is 2. The minimum Gasteiger partial charge on any atom is -0.326 e. The molecule has 0 aromatic heterocycles. The first kappa shape index (κ1) is 23.7. The van der Waals surface area contributed by atoms with Gasteiger partial charge in [0.15, 0.2) is 0 Å². The molecule has 0 aliphatic heterocycles. The number of carbonyl (C=O) groups is 2. The highest BCUT2D eigenvalue weighted by Crippen LogP contribution is 2.58. The highest BCUT2D eigenvalue weighted by atomic mass is 16.2. The molecule has 4 aromatic rings. The molecule has 0 fully saturated rings. The molecule has 0 heterocycles. The van der Waals surface area contributed by atoms with Gasteiger partial charge in [0.25, 0.3) is 0 Å². The van der Waals surface area contributed by atoms with Gasteiger partial charge in [0.1, 0.15) is 0 Å². The molecule has 0 spiro atoms. The fourth-order valence-electron chi connectivity index (χ4n) is 6.16. The quantitative estimate of drug-likeness (QED) is 0.300. The molecule has 4 heteroatoms. The molecule has 2 bridgehead atoms. The highest BCUT2D eigenvalue weighted by molar-refractivity contribution is 6.02. The van der Waals surface area contributed by atoms with E-state index in [4.69, 9.17) is 0 Å². The third kappa shape index (κ3) is 3.95. The number of carbonyl (C=O) groups excluding carboxylic acids is 2. The topological polar surface area (TPSA) is 58.2 Å². The average molecular weight is 497 g/mol. The first-order chi connectivity index (χ1) is 18.6. The van der Waals surface area contributed by atoms with Crippen molar-refractivity contribution in [1.82, 2.24) is 0 Å². The van der Waals surface area contributed by atoms with Crippen LogP contribution in [0.2, 0.25) is 0 Å². The molecule has 3 aliphatic carbocycles. The van der Waals surface area contributed by atoms with Crippen LogP contribution in [-0.2, 0) is 9.59 Å². The van der Waals surface area contributed by atoms with E-state index in [-0.39, 0.29) is 23.7 Å². The van der Waals surface area contributed by atoms with E-state index < -0.39 is 11.8 Å². The smallest absolute Gasteiger partial charge is 0.229 e. The predicted octanol–water partition coefficient (Wildman–Crippen LogP) is 7.07. The van der Waals surface area contributed by atoms with Gasteiger partial charge < -0.3 is 10.6 Å². The van der Waals surface area contributed by atoms with Gasteiger partial charge in [-0.1, -0.05) is 98.1 Å². The third-order valence-electron chi connectivity index (χ3n) is 7.87. The van der Waals surface area contributed by atoms with Crippen molar-refractivity contribution in [3.05, 3.63) is 144 Å². The van der Waals surface area contributed by atoms with Crippen molar-refractivity contribution in [3.8, 4) is 0 Å². The van der Waals surface area contributed by atoms with Crippen molar-refractivity contribution < 1.29 is 9.59 Å². The maximum atomic E-state index is 14.1. The van der Waals surface area contributed by atoms with Crippen molar-refractivity contribution in [1.29, 1.82) is 0 Å². The predicted molar refractivity (Wildman–Crippen MR) is 154 cm³/mol. The summed E-state index contributed by atoms with van der Waals surface area (Å²) in [4.78, 5) is 28.1. The molecular weight excluding hydrogens is 468 g/mol. The second-order valence-corrected chi connectivity index (χ2v) is 9.90. The molecule has 4 aromatic carbocycles. The van der Waals surface area contributed by atoms with Gasteiger partial charge in [-0.2, -0.15) is 0 Å². The molecule has 0 saturated carbocycles. The molecule has 3 aliphatic rings. The molecule has 0 saturated heterocycles. The summed E-state index contributed by atoms with van der Waals surface area (Å²) in [5, 5.41) is 6.22. The van der Waals surface area contributed by atoms with Crippen LogP contribution >= 0.6 is 0 Å². The summed E-state index contributed by atoms with van der Waals surface area (Å²) >= 11 is 0. The molecule has 38 heavy (non-hydrogen) atoms. The fraction of sp³-hybridized carbons (Fsp3) is 0.118. The van der Waals surface area contributed by atoms with Crippen LogP contribution in [0.1, 0.15) is 45.2 Å². The van der Waals surface area contributed by atoms with E-state index in [1.165, 1.54) is 0 Å². The Bertz CT molecular complexity index is 1390. The van der Waals surface area contributed by atoms with Gasteiger partial charge in [0.2, 0.25) is 11.8 Å². The summed E-state index contributed by atoms with van der Waals surface area (Å²) in [6.07, 6.45) is 3.53. The van der Waals surface area contributed by atoms with Crippen LogP contribution in [-0.4, -0.2) is 11.8 Å². The number of rotatable bonds is 6. The van der Waals surface area contributed by atoms with Gasteiger partial charge >= 0.3 is 0 Å². The van der Waals surface area contributed by atoms with Crippen molar-refractivity contribution in [3.63, 3.8) is 0 Å². The van der Waals surface area contributed by atoms with Crippen molar-refractivity contribution in [2.75, 3.05) is 10.6 Å². The van der Waals surface area contributed by atoms with Crippen molar-refractivity contribution in [2.45, 2.75) is 11.8 Å². The lowest BCUT2D eigenvalue weighted by molar-refractivity contribution is -0.131. The van der Waals surface area contributed by atoms with Gasteiger partial charge in [0, 0.05) is 23.2 Å².